The van der Waals surface area contributed by atoms with Gasteiger partial charge in [0.2, 0.25) is 0 Å². The summed E-state index contributed by atoms with van der Waals surface area (Å²) in [5.41, 5.74) is 0.224. The highest BCUT2D eigenvalue weighted by atomic mass is 16.4. The third-order valence-corrected chi connectivity index (χ3v) is 3.69. The Balaban J connectivity index is 2.55. The van der Waals surface area contributed by atoms with Crippen LogP contribution in [0.3, 0.4) is 0 Å². The lowest BCUT2D eigenvalue weighted by Gasteiger charge is -2.36. The van der Waals surface area contributed by atoms with Crippen molar-refractivity contribution < 1.29 is 14.7 Å². The Morgan fingerprint density at radius 2 is 2.06 bits per heavy atom. The summed E-state index contributed by atoms with van der Waals surface area (Å²) in [6.45, 7) is 6.59. The zero-order valence-corrected chi connectivity index (χ0v) is 10.5. The summed E-state index contributed by atoms with van der Waals surface area (Å²) in [6, 6.07) is 0. The van der Waals surface area contributed by atoms with Crippen LogP contribution in [-0.2, 0) is 9.59 Å². The Bertz CT molecular complexity index is 275. The van der Waals surface area contributed by atoms with Crippen LogP contribution in [0, 0.1) is 17.3 Å². The van der Waals surface area contributed by atoms with E-state index in [4.69, 9.17) is 5.11 Å². The Hall–Kier alpha value is -0.860. The predicted molar refractivity (Wildman–Crippen MR) is 62.2 cm³/mol. The van der Waals surface area contributed by atoms with Crippen LogP contribution < -0.4 is 0 Å². The minimum atomic E-state index is -0.800. The number of aliphatic carboxylic acids is 1. The highest BCUT2D eigenvalue weighted by Gasteiger charge is 2.34. The van der Waals surface area contributed by atoms with Crippen LogP contribution in [-0.4, -0.2) is 16.9 Å². The summed E-state index contributed by atoms with van der Waals surface area (Å²) in [7, 11) is 0. The average Bonchev–Trinajstić information content (AvgIpc) is 2.14. The average molecular weight is 226 g/mol. The fourth-order valence-corrected chi connectivity index (χ4v) is 2.48. The van der Waals surface area contributed by atoms with Crippen LogP contribution >= 0.6 is 0 Å². The number of ketones is 1. The molecule has 0 aromatic rings. The highest BCUT2D eigenvalue weighted by molar-refractivity contribution is 5.82. The maximum atomic E-state index is 11.7. The second-order valence-electron chi connectivity index (χ2n) is 5.93. The van der Waals surface area contributed by atoms with Crippen molar-refractivity contribution in [3.8, 4) is 0 Å². The molecule has 1 rings (SSSR count). The van der Waals surface area contributed by atoms with Gasteiger partial charge in [0.1, 0.15) is 5.78 Å². The molecule has 2 atom stereocenters. The summed E-state index contributed by atoms with van der Waals surface area (Å²) < 4.78 is 0. The van der Waals surface area contributed by atoms with Gasteiger partial charge in [0.25, 0.3) is 0 Å². The molecule has 0 spiro atoms. The molecule has 0 aromatic heterocycles. The van der Waals surface area contributed by atoms with E-state index in [0.29, 0.717) is 18.8 Å². The lowest BCUT2D eigenvalue weighted by atomic mass is 9.68. The molecule has 92 valence electrons. The van der Waals surface area contributed by atoms with Gasteiger partial charge in [-0.2, -0.15) is 0 Å². The third kappa shape index (κ3) is 3.62. The first kappa shape index (κ1) is 13.2. The molecule has 2 unspecified atom stereocenters. The van der Waals surface area contributed by atoms with E-state index in [-0.39, 0.29) is 23.5 Å². The smallest absolute Gasteiger partial charge is 0.303 e. The van der Waals surface area contributed by atoms with Crippen molar-refractivity contribution in [2.75, 3.05) is 0 Å². The van der Waals surface area contributed by atoms with Gasteiger partial charge < -0.3 is 5.11 Å². The van der Waals surface area contributed by atoms with Crippen molar-refractivity contribution in [2.24, 2.45) is 17.3 Å². The van der Waals surface area contributed by atoms with E-state index < -0.39 is 5.97 Å². The Morgan fingerprint density at radius 1 is 1.44 bits per heavy atom. The van der Waals surface area contributed by atoms with Gasteiger partial charge in [-0.15, -0.1) is 0 Å². The van der Waals surface area contributed by atoms with Crippen molar-refractivity contribution in [3.63, 3.8) is 0 Å². The van der Waals surface area contributed by atoms with Gasteiger partial charge in [-0.1, -0.05) is 20.8 Å². The fourth-order valence-electron chi connectivity index (χ4n) is 2.48. The normalized spacial score (nSPS) is 26.8. The number of carboxylic acid groups (broad SMARTS) is 1. The molecule has 3 heteroatoms. The monoisotopic (exact) mass is 226 g/mol. The van der Waals surface area contributed by atoms with Gasteiger partial charge in [-0.3, -0.25) is 9.59 Å². The van der Waals surface area contributed by atoms with Crippen LogP contribution in [0.1, 0.15) is 52.9 Å². The van der Waals surface area contributed by atoms with E-state index in [0.717, 1.165) is 12.8 Å². The zero-order chi connectivity index (χ0) is 12.3. The molecular weight excluding hydrogens is 204 g/mol. The van der Waals surface area contributed by atoms with E-state index in [1.165, 1.54) is 0 Å². The van der Waals surface area contributed by atoms with Crippen LogP contribution in [0.15, 0.2) is 0 Å². The SMILES string of the molecule is CC(C)(C)C1CCC(=O)C(CCC(=O)O)C1. The number of hydrogen-bond acceptors (Lipinski definition) is 2. The van der Waals surface area contributed by atoms with Gasteiger partial charge in [0.05, 0.1) is 0 Å². The molecule has 1 aliphatic rings. The van der Waals surface area contributed by atoms with Gasteiger partial charge >= 0.3 is 5.97 Å². The lowest BCUT2D eigenvalue weighted by molar-refractivity contribution is -0.137. The number of carbonyl (C=O) groups is 2. The molecule has 0 radical (unpaired) electrons. The van der Waals surface area contributed by atoms with Crippen LogP contribution in [0.4, 0.5) is 0 Å². The Labute approximate surface area is 97.2 Å². The Kier molecular flexibility index (Phi) is 4.11. The second-order valence-corrected chi connectivity index (χ2v) is 5.93. The maximum absolute atomic E-state index is 11.7. The number of carbonyl (C=O) groups excluding carboxylic acids is 1. The molecule has 0 amide bonds. The summed E-state index contributed by atoms with van der Waals surface area (Å²) in [6.07, 6.45) is 3.10. The Morgan fingerprint density at radius 3 is 2.56 bits per heavy atom. The minimum Gasteiger partial charge on any atom is -0.481 e. The summed E-state index contributed by atoms with van der Waals surface area (Å²) in [5.74, 6) is -0.00879. The number of rotatable bonds is 3. The largest absolute Gasteiger partial charge is 0.481 e. The van der Waals surface area contributed by atoms with Gasteiger partial charge in [0.15, 0.2) is 0 Å². The fraction of sp³-hybridized carbons (Fsp3) is 0.846. The molecule has 16 heavy (non-hydrogen) atoms. The van der Waals surface area contributed by atoms with Gasteiger partial charge in [-0.25, -0.2) is 0 Å². The van der Waals surface area contributed by atoms with Crippen LogP contribution in [0.2, 0.25) is 0 Å². The molecule has 0 bridgehead atoms. The second kappa shape index (κ2) is 4.98. The van der Waals surface area contributed by atoms with Gasteiger partial charge in [0, 0.05) is 18.8 Å². The van der Waals surface area contributed by atoms with Gasteiger partial charge in [-0.05, 0) is 30.6 Å². The molecule has 0 aromatic carbocycles. The minimum absolute atomic E-state index is 0.0194. The standard InChI is InChI=1S/C13H22O3/c1-13(2,3)10-5-6-11(14)9(8-10)4-7-12(15)16/h9-10H,4-8H2,1-3H3,(H,15,16). The quantitative estimate of drug-likeness (QED) is 0.805. The van der Waals surface area contributed by atoms with E-state index in [1.54, 1.807) is 0 Å². The number of hydrogen-bond donors (Lipinski definition) is 1. The van der Waals surface area contributed by atoms with Crippen molar-refractivity contribution in [1.82, 2.24) is 0 Å². The van der Waals surface area contributed by atoms with E-state index in [2.05, 4.69) is 20.8 Å². The van der Waals surface area contributed by atoms with Crippen molar-refractivity contribution in [1.29, 1.82) is 0 Å². The molecule has 1 aliphatic carbocycles. The van der Waals surface area contributed by atoms with Crippen molar-refractivity contribution in [2.45, 2.75) is 52.9 Å². The molecule has 1 N–H and O–H groups in total. The first-order chi connectivity index (χ1) is 7.30. The lowest BCUT2D eigenvalue weighted by Crippen LogP contribution is -2.32. The molecule has 1 saturated carbocycles. The molecule has 0 saturated heterocycles. The molecule has 0 aliphatic heterocycles. The third-order valence-electron chi connectivity index (χ3n) is 3.69. The maximum Gasteiger partial charge on any atom is 0.303 e. The summed E-state index contributed by atoms with van der Waals surface area (Å²) in [4.78, 5) is 22.2. The van der Waals surface area contributed by atoms with Crippen molar-refractivity contribution in [3.05, 3.63) is 0 Å². The predicted octanol–water partition coefficient (Wildman–Crippen LogP) is 2.88. The first-order valence-corrected chi connectivity index (χ1v) is 6.05. The number of Topliss-reactive ketones (excluding diaryl/α,β-unsaturated/α-hetero) is 1. The van der Waals surface area contributed by atoms with Crippen LogP contribution in [0.25, 0.3) is 0 Å². The van der Waals surface area contributed by atoms with Crippen LogP contribution in [0.5, 0.6) is 0 Å². The number of carboxylic acids is 1. The molecule has 1 fully saturated rings. The topological polar surface area (TPSA) is 54.4 Å². The van der Waals surface area contributed by atoms with E-state index in [9.17, 15) is 9.59 Å². The summed E-state index contributed by atoms with van der Waals surface area (Å²) in [5, 5.41) is 8.64. The highest BCUT2D eigenvalue weighted by Crippen LogP contribution is 2.40. The molecule has 0 heterocycles. The van der Waals surface area contributed by atoms with E-state index in [1.807, 2.05) is 0 Å². The van der Waals surface area contributed by atoms with Crippen molar-refractivity contribution >= 4 is 11.8 Å². The molecular formula is C13H22O3. The first-order valence-electron chi connectivity index (χ1n) is 6.05. The summed E-state index contributed by atoms with van der Waals surface area (Å²) >= 11 is 0. The molecule has 3 nitrogen and oxygen atoms in total. The zero-order valence-electron chi connectivity index (χ0n) is 10.5. The van der Waals surface area contributed by atoms with E-state index >= 15 is 0 Å².